The Bertz CT molecular complexity index is 487. The summed E-state index contributed by atoms with van der Waals surface area (Å²) in [4.78, 5) is 13.7. The van der Waals surface area contributed by atoms with Gasteiger partial charge in [-0.05, 0) is 18.4 Å². The van der Waals surface area contributed by atoms with Crippen LogP contribution in [0.25, 0.3) is 0 Å². The molecule has 3 rings (SSSR count). The molecule has 4 heteroatoms. The van der Waals surface area contributed by atoms with Crippen molar-refractivity contribution in [2.24, 2.45) is 5.92 Å². The van der Waals surface area contributed by atoms with E-state index < -0.39 is 5.60 Å². The highest BCUT2D eigenvalue weighted by Crippen LogP contribution is 2.49. The highest BCUT2D eigenvalue weighted by atomic mass is 16.7. The van der Waals surface area contributed by atoms with Gasteiger partial charge in [0.15, 0.2) is 6.23 Å². The van der Waals surface area contributed by atoms with Gasteiger partial charge in [-0.2, -0.15) is 0 Å². The number of epoxide rings is 1. The van der Waals surface area contributed by atoms with E-state index in [2.05, 4.69) is 13.8 Å². The lowest BCUT2D eigenvalue weighted by atomic mass is 9.98. The second-order valence-corrected chi connectivity index (χ2v) is 5.74. The van der Waals surface area contributed by atoms with Crippen LogP contribution in [-0.4, -0.2) is 29.9 Å². The number of carbonyl (C=O) groups excluding carboxylic acids is 1. The Labute approximate surface area is 113 Å². The summed E-state index contributed by atoms with van der Waals surface area (Å²) in [5, 5.41) is 0. The topological polar surface area (TPSA) is 42.1 Å². The van der Waals surface area contributed by atoms with Crippen molar-refractivity contribution in [3.05, 3.63) is 35.9 Å². The number of hydrogen-bond acceptors (Lipinski definition) is 3. The van der Waals surface area contributed by atoms with Crippen LogP contribution >= 0.6 is 0 Å². The molecule has 0 N–H and O–H groups in total. The van der Waals surface area contributed by atoms with E-state index in [1.807, 2.05) is 37.3 Å². The first kappa shape index (κ1) is 12.5. The molecule has 0 aromatic heterocycles. The van der Waals surface area contributed by atoms with E-state index in [0.717, 1.165) is 5.56 Å². The summed E-state index contributed by atoms with van der Waals surface area (Å²) in [5.41, 5.74) is 0.694. The summed E-state index contributed by atoms with van der Waals surface area (Å²) in [6, 6.07) is 10.1. The average molecular weight is 261 g/mol. The summed E-state index contributed by atoms with van der Waals surface area (Å²) in [6.07, 6.45) is -0.472. The highest BCUT2D eigenvalue weighted by molar-refractivity contribution is 5.71. The van der Waals surface area contributed by atoms with E-state index in [1.54, 1.807) is 4.90 Å². The molecule has 2 saturated heterocycles. The molecule has 1 aromatic carbocycles. The Balaban J connectivity index is 1.83. The molecule has 0 saturated carbocycles. The van der Waals surface area contributed by atoms with Crippen LogP contribution in [0.15, 0.2) is 30.3 Å². The SMILES string of the molecule is CC(C)[C@@H]1COC(=O)N1[C@@H]1O[C@]1(C)c1ccccc1. The molecular weight excluding hydrogens is 242 g/mol. The van der Waals surface area contributed by atoms with Gasteiger partial charge >= 0.3 is 6.09 Å². The zero-order chi connectivity index (χ0) is 13.6. The van der Waals surface area contributed by atoms with Crippen molar-refractivity contribution in [3.8, 4) is 0 Å². The van der Waals surface area contributed by atoms with Crippen molar-refractivity contribution in [1.29, 1.82) is 0 Å². The smallest absolute Gasteiger partial charge is 0.412 e. The molecule has 0 unspecified atom stereocenters. The van der Waals surface area contributed by atoms with Crippen LogP contribution in [0.2, 0.25) is 0 Å². The fourth-order valence-electron chi connectivity index (χ4n) is 2.73. The van der Waals surface area contributed by atoms with Gasteiger partial charge in [-0.15, -0.1) is 0 Å². The summed E-state index contributed by atoms with van der Waals surface area (Å²) < 4.78 is 11.0. The summed E-state index contributed by atoms with van der Waals surface area (Å²) >= 11 is 0. The van der Waals surface area contributed by atoms with Crippen LogP contribution < -0.4 is 0 Å². The molecule has 2 fully saturated rings. The number of ether oxygens (including phenoxy) is 2. The maximum absolute atomic E-state index is 11.9. The molecule has 0 spiro atoms. The van der Waals surface area contributed by atoms with Crippen LogP contribution in [0.3, 0.4) is 0 Å². The van der Waals surface area contributed by atoms with Crippen molar-refractivity contribution in [2.45, 2.75) is 38.6 Å². The van der Waals surface area contributed by atoms with Crippen molar-refractivity contribution >= 4 is 6.09 Å². The first-order valence-electron chi connectivity index (χ1n) is 6.72. The van der Waals surface area contributed by atoms with E-state index in [4.69, 9.17) is 9.47 Å². The lowest BCUT2D eigenvalue weighted by molar-refractivity contribution is 0.134. The summed E-state index contributed by atoms with van der Waals surface area (Å²) in [5.74, 6) is 0.357. The predicted molar refractivity (Wildman–Crippen MR) is 70.5 cm³/mol. The number of carbonyl (C=O) groups is 1. The largest absolute Gasteiger partial charge is 0.447 e. The molecule has 19 heavy (non-hydrogen) atoms. The van der Waals surface area contributed by atoms with E-state index in [1.165, 1.54) is 0 Å². The molecule has 2 heterocycles. The van der Waals surface area contributed by atoms with Crippen LogP contribution in [0.1, 0.15) is 26.3 Å². The molecule has 1 aromatic rings. The molecule has 102 valence electrons. The molecule has 0 aliphatic carbocycles. The standard InChI is InChI=1S/C15H19NO3/c1-10(2)12-9-18-14(17)16(12)13-15(3,19-13)11-7-5-4-6-8-11/h4-8,10,12-13H,9H2,1-3H3/t12-,13+,15+/m0/s1. The normalized spacial score (nSPS) is 33.7. The fourth-order valence-corrected chi connectivity index (χ4v) is 2.73. The second kappa shape index (κ2) is 4.23. The number of nitrogens with zero attached hydrogens (tertiary/aromatic N) is 1. The Hall–Kier alpha value is -1.55. The minimum Gasteiger partial charge on any atom is -0.447 e. The molecule has 2 aliphatic rings. The van der Waals surface area contributed by atoms with Crippen LogP contribution in [0, 0.1) is 5.92 Å². The zero-order valence-electron chi connectivity index (χ0n) is 11.5. The Morgan fingerprint density at radius 3 is 2.63 bits per heavy atom. The highest BCUT2D eigenvalue weighted by Gasteiger charge is 2.61. The first-order chi connectivity index (χ1) is 9.04. The minimum absolute atomic E-state index is 0.100. The molecule has 3 atom stereocenters. The van der Waals surface area contributed by atoms with Gasteiger partial charge in [0.1, 0.15) is 12.2 Å². The number of benzene rings is 1. The number of amides is 1. The van der Waals surface area contributed by atoms with Crippen molar-refractivity contribution in [1.82, 2.24) is 4.90 Å². The van der Waals surface area contributed by atoms with Gasteiger partial charge in [0.2, 0.25) is 0 Å². The lowest BCUT2D eigenvalue weighted by Crippen LogP contribution is -2.41. The predicted octanol–water partition coefficient (Wildman–Crippen LogP) is 2.73. The maximum Gasteiger partial charge on any atom is 0.412 e. The molecule has 0 bridgehead atoms. The summed E-state index contributed by atoms with van der Waals surface area (Å²) in [7, 11) is 0. The van der Waals surface area contributed by atoms with Crippen molar-refractivity contribution in [3.63, 3.8) is 0 Å². The van der Waals surface area contributed by atoms with Gasteiger partial charge in [-0.3, -0.25) is 4.90 Å². The molecule has 1 amide bonds. The van der Waals surface area contributed by atoms with Gasteiger partial charge in [-0.1, -0.05) is 44.2 Å². The van der Waals surface area contributed by atoms with E-state index in [0.29, 0.717) is 12.5 Å². The van der Waals surface area contributed by atoms with Crippen LogP contribution in [0.4, 0.5) is 4.79 Å². The minimum atomic E-state index is -0.405. The molecule has 2 aliphatic heterocycles. The number of cyclic esters (lactones) is 1. The van der Waals surface area contributed by atoms with Gasteiger partial charge in [0.25, 0.3) is 0 Å². The van der Waals surface area contributed by atoms with Gasteiger partial charge in [-0.25, -0.2) is 4.79 Å². The van der Waals surface area contributed by atoms with E-state index in [-0.39, 0.29) is 18.4 Å². The lowest BCUT2D eigenvalue weighted by Gasteiger charge is -2.23. The first-order valence-corrected chi connectivity index (χ1v) is 6.72. The number of hydrogen-bond donors (Lipinski definition) is 0. The maximum atomic E-state index is 11.9. The molecule has 0 radical (unpaired) electrons. The Kier molecular flexibility index (Phi) is 2.78. The van der Waals surface area contributed by atoms with Gasteiger partial charge in [0, 0.05) is 0 Å². The molecule has 4 nitrogen and oxygen atoms in total. The Morgan fingerprint density at radius 2 is 2.00 bits per heavy atom. The monoisotopic (exact) mass is 261 g/mol. The van der Waals surface area contributed by atoms with E-state index in [9.17, 15) is 4.79 Å². The third-order valence-electron chi connectivity index (χ3n) is 4.09. The second-order valence-electron chi connectivity index (χ2n) is 5.74. The quantitative estimate of drug-likeness (QED) is 0.786. The third kappa shape index (κ3) is 1.91. The number of rotatable bonds is 3. The van der Waals surface area contributed by atoms with Gasteiger partial charge in [0.05, 0.1) is 6.04 Å². The van der Waals surface area contributed by atoms with Crippen LogP contribution in [-0.2, 0) is 15.1 Å². The summed E-state index contributed by atoms with van der Waals surface area (Å²) in [6.45, 7) is 6.68. The van der Waals surface area contributed by atoms with E-state index >= 15 is 0 Å². The van der Waals surface area contributed by atoms with Crippen LogP contribution in [0.5, 0.6) is 0 Å². The average Bonchev–Trinajstić information content (AvgIpc) is 2.92. The Morgan fingerprint density at radius 1 is 1.32 bits per heavy atom. The van der Waals surface area contributed by atoms with Crippen molar-refractivity contribution < 1.29 is 14.3 Å². The fraction of sp³-hybridized carbons (Fsp3) is 0.533. The molecular formula is C15H19NO3. The third-order valence-corrected chi connectivity index (χ3v) is 4.09. The zero-order valence-corrected chi connectivity index (χ0v) is 11.5. The van der Waals surface area contributed by atoms with Gasteiger partial charge < -0.3 is 9.47 Å². The van der Waals surface area contributed by atoms with Crippen molar-refractivity contribution in [2.75, 3.05) is 6.61 Å².